The van der Waals surface area contributed by atoms with E-state index in [1.165, 1.54) is 5.69 Å². The van der Waals surface area contributed by atoms with Crippen molar-refractivity contribution in [1.82, 2.24) is 14.5 Å². The average Bonchev–Trinajstić information content (AvgIpc) is 3.31. The standard InChI is InChI=1S/C29H31N3O3/c1-21(2)32-19-24(17-25(32)15-9-10-16-35-20-27(33)34)26-18-30-28(22-11-5-3-6-12-22)29(31-26)23-13-7-4-8-14-23/h3-8,11-14,17-19,21H,9-10,15-16,20H2,1-2H3,(H,33,34). The molecule has 35 heavy (non-hydrogen) atoms. The van der Waals surface area contributed by atoms with Gasteiger partial charge in [-0.3, -0.25) is 4.98 Å². The molecule has 0 spiro atoms. The first-order valence-corrected chi connectivity index (χ1v) is 12.0. The summed E-state index contributed by atoms with van der Waals surface area (Å²) >= 11 is 0. The summed E-state index contributed by atoms with van der Waals surface area (Å²) in [6.07, 6.45) is 6.63. The summed E-state index contributed by atoms with van der Waals surface area (Å²) in [4.78, 5) is 20.5. The Labute approximate surface area is 206 Å². The van der Waals surface area contributed by atoms with E-state index in [1.54, 1.807) is 0 Å². The second-order valence-corrected chi connectivity index (χ2v) is 8.81. The summed E-state index contributed by atoms with van der Waals surface area (Å²) in [6.45, 7) is 4.55. The Morgan fingerprint density at radius 1 is 0.943 bits per heavy atom. The van der Waals surface area contributed by atoms with Crippen molar-refractivity contribution in [2.24, 2.45) is 0 Å². The minimum Gasteiger partial charge on any atom is -0.480 e. The van der Waals surface area contributed by atoms with Crippen molar-refractivity contribution in [2.45, 2.75) is 39.2 Å². The van der Waals surface area contributed by atoms with Crippen LogP contribution in [0.25, 0.3) is 33.8 Å². The van der Waals surface area contributed by atoms with Gasteiger partial charge in [0.15, 0.2) is 0 Å². The van der Waals surface area contributed by atoms with Gasteiger partial charge >= 0.3 is 5.97 Å². The molecule has 4 aromatic rings. The van der Waals surface area contributed by atoms with Crippen molar-refractivity contribution >= 4 is 5.97 Å². The Balaban J connectivity index is 1.62. The zero-order valence-corrected chi connectivity index (χ0v) is 20.2. The van der Waals surface area contributed by atoms with Crippen LogP contribution in [0.4, 0.5) is 0 Å². The Morgan fingerprint density at radius 2 is 1.60 bits per heavy atom. The van der Waals surface area contributed by atoms with Crippen LogP contribution in [0.3, 0.4) is 0 Å². The lowest BCUT2D eigenvalue weighted by atomic mass is 10.0. The normalized spacial score (nSPS) is 11.2. The molecule has 180 valence electrons. The molecule has 2 aromatic carbocycles. The van der Waals surface area contributed by atoms with Crippen LogP contribution in [0, 0.1) is 0 Å². The second kappa shape index (κ2) is 11.6. The van der Waals surface area contributed by atoms with Gasteiger partial charge in [-0.15, -0.1) is 0 Å². The summed E-state index contributed by atoms with van der Waals surface area (Å²) in [7, 11) is 0. The lowest BCUT2D eigenvalue weighted by molar-refractivity contribution is -0.142. The molecule has 0 bridgehead atoms. The quantitative estimate of drug-likeness (QED) is 0.261. The summed E-state index contributed by atoms with van der Waals surface area (Å²) in [5, 5.41) is 8.69. The van der Waals surface area contributed by atoms with Crippen LogP contribution >= 0.6 is 0 Å². The number of aryl methyl sites for hydroxylation is 1. The highest BCUT2D eigenvalue weighted by Crippen LogP contribution is 2.32. The van der Waals surface area contributed by atoms with Crippen LogP contribution in [0.15, 0.2) is 79.1 Å². The van der Waals surface area contributed by atoms with Crippen molar-refractivity contribution in [2.75, 3.05) is 13.2 Å². The van der Waals surface area contributed by atoms with Gasteiger partial charge in [-0.1, -0.05) is 60.7 Å². The molecule has 2 aromatic heterocycles. The van der Waals surface area contributed by atoms with E-state index in [-0.39, 0.29) is 6.61 Å². The topological polar surface area (TPSA) is 77.2 Å². The fourth-order valence-corrected chi connectivity index (χ4v) is 4.15. The Hall–Kier alpha value is -3.77. The van der Waals surface area contributed by atoms with Gasteiger partial charge < -0.3 is 14.4 Å². The predicted molar refractivity (Wildman–Crippen MR) is 138 cm³/mol. The summed E-state index contributed by atoms with van der Waals surface area (Å²) in [6, 6.07) is 22.8. The van der Waals surface area contributed by atoms with Crippen molar-refractivity contribution < 1.29 is 14.6 Å². The second-order valence-electron chi connectivity index (χ2n) is 8.81. The van der Waals surface area contributed by atoms with Crippen molar-refractivity contribution in [3.8, 4) is 33.8 Å². The fourth-order valence-electron chi connectivity index (χ4n) is 4.15. The lowest BCUT2D eigenvalue weighted by Gasteiger charge is -2.12. The van der Waals surface area contributed by atoms with E-state index in [4.69, 9.17) is 19.8 Å². The Morgan fingerprint density at radius 3 is 2.23 bits per heavy atom. The number of unbranched alkanes of at least 4 members (excludes halogenated alkanes) is 1. The zero-order valence-electron chi connectivity index (χ0n) is 20.2. The summed E-state index contributed by atoms with van der Waals surface area (Å²) < 4.78 is 7.44. The highest BCUT2D eigenvalue weighted by atomic mass is 16.5. The van der Waals surface area contributed by atoms with E-state index in [0.717, 1.165) is 53.0 Å². The molecular formula is C29H31N3O3. The van der Waals surface area contributed by atoms with Crippen LogP contribution < -0.4 is 0 Å². The fraction of sp³-hybridized carbons (Fsp3) is 0.276. The van der Waals surface area contributed by atoms with Crippen molar-refractivity contribution in [1.29, 1.82) is 0 Å². The van der Waals surface area contributed by atoms with Crippen LogP contribution in [0.1, 0.15) is 38.4 Å². The average molecular weight is 470 g/mol. The molecule has 2 heterocycles. The molecule has 0 unspecified atom stereocenters. The molecule has 0 saturated heterocycles. The van der Waals surface area contributed by atoms with Gasteiger partial charge in [0.05, 0.1) is 23.3 Å². The molecule has 0 fully saturated rings. The number of ether oxygens (including phenoxy) is 1. The number of nitrogens with zero attached hydrogens (tertiary/aromatic N) is 3. The van der Waals surface area contributed by atoms with E-state index in [9.17, 15) is 4.79 Å². The van der Waals surface area contributed by atoms with Crippen LogP contribution in [-0.2, 0) is 16.0 Å². The molecular weight excluding hydrogens is 438 g/mol. The predicted octanol–water partition coefficient (Wildman–Crippen LogP) is 6.28. The first-order valence-electron chi connectivity index (χ1n) is 12.0. The number of carboxylic acids is 1. The first-order chi connectivity index (χ1) is 17.0. The third kappa shape index (κ3) is 6.22. The van der Waals surface area contributed by atoms with Gasteiger partial charge in [0.25, 0.3) is 0 Å². The SMILES string of the molecule is CC(C)n1cc(-c2cnc(-c3ccccc3)c(-c3ccccc3)n2)cc1CCCCOCC(=O)O. The van der Waals surface area contributed by atoms with E-state index in [0.29, 0.717) is 12.6 Å². The van der Waals surface area contributed by atoms with E-state index in [1.807, 2.05) is 42.6 Å². The molecule has 0 aliphatic carbocycles. The molecule has 0 saturated carbocycles. The number of hydrogen-bond acceptors (Lipinski definition) is 4. The molecule has 4 rings (SSSR count). The highest BCUT2D eigenvalue weighted by Gasteiger charge is 2.16. The van der Waals surface area contributed by atoms with Gasteiger partial charge in [0.1, 0.15) is 6.61 Å². The maximum absolute atomic E-state index is 10.6. The maximum Gasteiger partial charge on any atom is 0.329 e. The number of carboxylic acid groups (broad SMARTS) is 1. The molecule has 1 N–H and O–H groups in total. The molecule has 6 heteroatoms. The largest absolute Gasteiger partial charge is 0.480 e. The number of aliphatic carboxylic acids is 1. The van der Waals surface area contributed by atoms with Gasteiger partial charge in [-0.2, -0.15) is 0 Å². The molecule has 0 aliphatic rings. The summed E-state index contributed by atoms with van der Waals surface area (Å²) in [5.41, 5.74) is 6.91. The molecule has 0 amide bonds. The van der Waals surface area contributed by atoms with Gasteiger partial charge in [0, 0.05) is 41.2 Å². The molecule has 0 atom stereocenters. The molecule has 6 nitrogen and oxygen atoms in total. The number of aromatic nitrogens is 3. The van der Waals surface area contributed by atoms with Gasteiger partial charge in [0.2, 0.25) is 0 Å². The van der Waals surface area contributed by atoms with Crippen molar-refractivity contribution in [3.05, 3.63) is 84.8 Å². The van der Waals surface area contributed by atoms with Crippen LogP contribution in [0.5, 0.6) is 0 Å². The van der Waals surface area contributed by atoms with Gasteiger partial charge in [-0.25, -0.2) is 9.78 Å². The molecule has 0 aliphatic heterocycles. The minimum absolute atomic E-state index is 0.242. The number of carbonyl (C=O) groups is 1. The lowest BCUT2D eigenvalue weighted by Crippen LogP contribution is -2.08. The first kappa shape index (κ1) is 24.4. The zero-order chi connectivity index (χ0) is 24.6. The van der Waals surface area contributed by atoms with Crippen molar-refractivity contribution in [3.63, 3.8) is 0 Å². The minimum atomic E-state index is -0.933. The van der Waals surface area contributed by atoms with Gasteiger partial charge in [-0.05, 0) is 39.2 Å². The smallest absolute Gasteiger partial charge is 0.329 e. The van der Waals surface area contributed by atoms with Crippen LogP contribution in [-0.4, -0.2) is 38.8 Å². The van der Waals surface area contributed by atoms with E-state index in [2.05, 4.69) is 54.9 Å². The summed E-state index contributed by atoms with van der Waals surface area (Å²) in [5.74, 6) is -0.933. The third-order valence-corrected chi connectivity index (χ3v) is 5.85. The monoisotopic (exact) mass is 469 g/mol. The number of rotatable bonds is 11. The third-order valence-electron chi connectivity index (χ3n) is 5.85. The van der Waals surface area contributed by atoms with E-state index < -0.39 is 5.97 Å². The van der Waals surface area contributed by atoms with Crippen LogP contribution in [0.2, 0.25) is 0 Å². The highest BCUT2D eigenvalue weighted by molar-refractivity contribution is 5.79. The van der Waals surface area contributed by atoms with E-state index >= 15 is 0 Å². The number of hydrogen-bond donors (Lipinski definition) is 1. The molecule has 0 radical (unpaired) electrons. The Bertz CT molecular complexity index is 1250. The number of benzene rings is 2. The Kier molecular flexibility index (Phi) is 8.06. The maximum atomic E-state index is 10.6.